The predicted molar refractivity (Wildman–Crippen MR) is 91.8 cm³/mol. The molecule has 2 amide bonds. The highest BCUT2D eigenvalue weighted by atomic mass is 16.4. The lowest BCUT2D eigenvalue weighted by Gasteiger charge is -2.32. The summed E-state index contributed by atoms with van der Waals surface area (Å²) in [6.07, 6.45) is 2.34. The van der Waals surface area contributed by atoms with Crippen molar-refractivity contribution in [3.63, 3.8) is 0 Å². The van der Waals surface area contributed by atoms with Crippen molar-refractivity contribution >= 4 is 23.8 Å². The van der Waals surface area contributed by atoms with Crippen LogP contribution in [0.3, 0.4) is 0 Å². The van der Waals surface area contributed by atoms with Crippen molar-refractivity contribution in [1.29, 1.82) is 0 Å². The summed E-state index contributed by atoms with van der Waals surface area (Å²) in [5.74, 6) is -3.39. The third-order valence-corrected chi connectivity index (χ3v) is 3.77. The molecular formula is C17H26N2O6. The van der Waals surface area contributed by atoms with E-state index in [1.54, 1.807) is 13.8 Å². The molecule has 0 rings (SSSR count). The van der Waals surface area contributed by atoms with Crippen LogP contribution >= 0.6 is 0 Å². The fourth-order valence-corrected chi connectivity index (χ4v) is 2.46. The van der Waals surface area contributed by atoms with Crippen LogP contribution in [-0.2, 0) is 19.2 Å². The molecule has 0 aromatic heterocycles. The van der Waals surface area contributed by atoms with Gasteiger partial charge in [0.05, 0.1) is 0 Å². The van der Waals surface area contributed by atoms with Crippen LogP contribution in [0.2, 0.25) is 0 Å². The molecule has 0 unspecified atom stereocenters. The molecule has 0 radical (unpaired) electrons. The van der Waals surface area contributed by atoms with Gasteiger partial charge in [-0.3, -0.25) is 9.59 Å². The van der Waals surface area contributed by atoms with Crippen LogP contribution in [0.4, 0.5) is 0 Å². The molecule has 2 N–H and O–H groups in total. The Hall–Kier alpha value is -2.64. The Bertz CT molecular complexity index is 543. The Morgan fingerprint density at radius 1 is 0.960 bits per heavy atom. The standard InChI is InChI=1S/C17H26N2O6/c1-6-14(20)18(12(5)16(22)23)10-8-9-13(17(24)25)19(11(3)4)15(21)7-2/h6-7,11-13H,1-2,8-10H2,3-5H3,(H,22,23)(H,24,25)/t12-,13-/m1/s1. The lowest BCUT2D eigenvalue weighted by molar-refractivity contribution is -0.150. The van der Waals surface area contributed by atoms with Crippen molar-refractivity contribution in [2.75, 3.05) is 6.54 Å². The maximum absolute atomic E-state index is 11.9. The third kappa shape index (κ3) is 6.40. The third-order valence-electron chi connectivity index (χ3n) is 3.77. The molecule has 0 heterocycles. The number of rotatable bonds is 11. The van der Waals surface area contributed by atoms with E-state index in [1.807, 2.05) is 0 Å². The van der Waals surface area contributed by atoms with Crippen LogP contribution in [0.5, 0.6) is 0 Å². The largest absolute Gasteiger partial charge is 0.480 e. The molecular weight excluding hydrogens is 328 g/mol. The predicted octanol–water partition coefficient (Wildman–Crippen LogP) is 1.13. The average Bonchev–Trinajstić information content (AvgIpc) is 2.55. The molecule has 8 nitrogen and oxygen atoms in total. The second kappa shape index (κ2) is 10.3. The van der Waals surface area contributed by atoms with E-state index in [9.17, 15) is 24.3 Å². The molecule has 0 bridgehead atoms. The molecule has 25 heavy (non-hydrogen) atoms. The van der Waals surface area contributed by atoms with Gasteiger partial charge in [0.25, 0.3) is 0 Å². The summed E-state index contributed by atoms with van der Waals surface area (Å²) in [4.78, 5) is 48.7. The van der Waals surface area contributed by atoms with Gasteiger partial charge in [0.15, 0.2) is 0 Å². The van der Waals surface area contributed by atoms with Crippen molar-refractivity contribution in [1.82, 2.24) is 9.80 Å². The van der Waals surface area contributed by atoms with Gasteiger partial charge >= 0.3 is 11.9 Å². The lowest BCUT2D eigenvalue weighted by Crippen LogP contribution is -2.49. The second-order valence-electron chi connectivity index (χ2n) is 5.79. The molecule has 0 spiro atoms. The van der Waals surface area contributed by atoms with Crippen molar-refractivity contribution in [3.8, 4) is 0 Å². The summed E-state index contributed by atoms with van der Waals surface area (Å²) < 4.78 is 0. The van der Waals surface area contributed by atoms with Crippen LogP contribution in [-0.4, -0.2) is 68.4 Å². The minimum absolute atomic E-state index is 0.0380. The molecule has 0 saturated carbocycles. The monoisotopic (exact) mass is 354 g/mol. The first-order chi connectivity index (χ1) is 11.6. The maximum Gasteiger partial charge on any atom is 0.326 e. The maximum atomic E-state index is 11.9. The van der Waals surface area contributed by atoms with Crippen LogP contribution < -0.4 is 0 Å². The van der Waals surface area contributed by atoms with E-state index in [0.29, 0.717) is 0 Å². The molecule has 0 saturated heterocycles. The molecule has 8 heteroatoms. The molecule has 0 aliphatic rings. The van der Waals surface area contributed by atoms with E-state index in [1.165, 1.54) is 11.8 Å². The van der Waals surface area contributed by atoms with Gasteiger partial charge in [-0.1, -0.05) is 13.2 Å². The number of nitrogens with zero attached hydrogens (tertiary/aromatic N) is 2. The minimum Gasteiger partial charge on any atom is -0.480 e. The van der Waals surface area contributed by atoms with Crippen LogP contribution in [0.15, 0.2) is 25.3 Å². The number of carbonyl (C=O) groups is 4. The Morgan fingerprint density at radius 3 is 1.84 bits per heavy atom. The van der Waals surface area contributed by atoms with Gasteiger partial charge in [-0.15, -0.1) is 0 Å². The summed E-state index contributed by atoms with van der Waals surface area (Å²) in [6.45, 7) is 11.5. The van der Waals surface area contributed by atoms with E-state index < -0.39 is 35.8 Å². The highest BCUT2D eigenvalue weighted by molar-refractivity contribution is 5.91. The summed E-state index contributed by atoms with van der Waals surface area (Å²) >= 11 is 0. The zero-order chi connectivity index (χ0) is 19.7. The molecule has 0 aliphatic heterocycles. The number of carboxylic acids is 2. The SMILES string of the molecule is C=CC(=O)N(CCC[C@H](C(=O)O)N(C(=O)C=C)C(C)C)[C@H](C)C(=O)O. The minimum atomic E-state index is -1.17. The van der Waals surface area contributed by atoms with E-state index in [2.05, 4.69) is 13.2 Å². The summed E-state index contributed by atoms with van der Waals surface area (Å²) in [6, 6.07) is -2.51. The summed E-state index contributed by atoms with van der Waals surface area (Å²) in [5.41, 5.74) is 0. The second-order valence-corrected chi connectivity index (χ2v) is 5.79. The Balaban J connectivity index is 5.17. The molecule has 0 aliphatic carbocycles. The molecule has 0 fully saturated rings. The number of hydrogen-bond donors (Lipinski definition) is 2. The van der Waals surface area contributed by atoms with E-state index in [-0.39, 0.29) is 25.4 Å². The first-order valence-electron chi connectivity index (χ1n) is 7.91. The molecule has 0 aromatic rings. The van der Waals surface area contributed by atoms with Crippen molar-refractivity contribution in [2.24, 2.45) is 0 Å². The van der Waals surface area contributed by atoms with Gasteiger partial charge < -0.3 is 20.0 Å². The first-order valence-corrected chi connectivity index (χ1v) is 7.91. The van der Waals surface area contributed by atoms with Gasteiger partial charge in [-0.25, -0.2) is 9.59 Å². The normalized spacial score (nSPS) is 12.8. The van der Waals surface area contributed by atoms with Crippen LogP contribution in [0, 0.1) is 0 Å². The zero-order valence-electron chi connectivity index (χ0n) is 14.8. The fraction of sp³-hybridized carbons (Fsp3) is 0.529. The Labute approximate surface area is 147 Å². The molecule has 140 valence electrons. The molecule has 2 atom stereocenters. The molecule has 0 aromatic carbocycles. The highest BCUT2D eigenvalue weighted by Crippen LogP contribution is 2.14. The fourth-order valence-electron chi connectivity index (χ4n) is 2.46. The Morgan fingerprint density at radius 2 is 1.48 bits per heavy atom. The number of aliphatic carboxylic acids is 2. The van der Waals surface area contributed by atoms with Gasteiger partial charge in [-0.2, -0.15) is 0 Å². The van der Waals surface area contributed by atoms with Crippen molar-refractivity contribution < 1.29 is 29.4 Å². The van der Waals surface area contributed by atoms with Gasteiger partial charge in [0.2, 0.25) is 11.8 Å². The zero-order valence-corrected chi connectivity index (χ0v) is 14.8. The summed E-state index contributed by atoms with van der Waals surface area (Å²) in [7, 11) is 0. The van der Waals surface area contributed by atoms with Crippen molar-refractivity contribution in [2.45, 2.75) is 51.7 Å². The Kier molecular flexibility index (Phi) is 9.19. The van der Waals surface area contributed by atoms with Gasteiger partial charge in [0, 0.05) is 12.6 Å². The highest BCUT2D eigenvalue weighted by Gasteiger charge is 2.31. The van der Waals surface area contributed by atoms with Crippen LogP contribution in [0.25, 0.3) is 0 Å². The van der Waals surface area contributed by atoms with E-state index in [0.717, 1.165) is 17.1 Å². The number of carboxylic acid groups (broad SMARTS) is 2. The number of carbonyl (C=O) groups excluding carboxylic acids is 2. The van der Waals surface area contributed by atoms with Crippen molar-refractivity contribution in [3.05, 3.63) is 25.3 Å². The average molecular weight is 354 g/mol. The van der Waals surface area contributed by atoms with E-state index in [4.69, 9.17) is 5.11 Å². The smallest absolute Gasteiger partial charge is 0.326 e. The number of hydrogen-bond acceptors (Lipinski definition) is 4. The lowest BCUT2D eigenvalue weighted by atomic mass is 10.1. The number of amides is 2. The summed E-state index contributed by atoms with van der Waals surface area (Å²) in [5, 5.41) is 18.5. The topological polar surface area (TPSA) is 115 Å². The van der Waals surface area contributed by atoms with Gasteiger partial charge in [0.1, 0.15) is 12.1 Å². The first kappa shape index (κ1) is 22.4. The van der Waals surface area contributed by atoms with Gasteiger partial charge in [-0.05, 0) is 45.8 Å². The van der Waals surface area contributed by atoms with Crippen LogP contribution in [0.1, 0.15) is 33.6 Å². The quantitative estimate of drug-likeness (QED) is 0.538. The van der Waals surface area contributed by atoms with E-state index >= 15 is 0 Å².